The summed E-state index contributed by atoms with van der Waals surface area (Å²) in [6, 6.07) is 5.67. The average molecular weight is 378 g/mol. The first-order chi connectivity index (χ1) is 13.8. The molecule has 0 radical (unpaired) electrons. The highest BCUT2D eigenvalue weighted by molar-refractivity contribution is 5.93. The number of rotatable bonds is 3. The predicted octanol–water partition coefficient (Wildman–Crippen LogP) is 3.52. The van der Waals surface area contributed by atoms with Gasteiger partial charge in [-0.3, -0.25) is 14.3 Å². The summed E-state index contributed by atoms with van der Waals surface area (Å²) in [7, 11) is 0. The largest absolute Gasteiger partial charge is 0.337 e. The van der Waals surface area contributed by atoms with Gasteiger partial charge in [-0.2, -0.15) is 5.10 Å². The molecule has 3 aromatic rings. The third-order valence-corrected chi connectivity index (χ3v) is 6.23. The quantitative estimate of drug-likeness (QED) is 0.756. The molecular formula is C21H26N6O. The van der Waals surface area contributed by atoms with Crippen LogP contribution in [-0.2, 0) is 0 Å². The molecule has 5 rings (SSSR count). The highest BCUT2D eigenvalue weighted by atomic mass is 16.2. The molecule has 2 aliphatic rings. The Morgan fingerprint density at radius 3 is 2.82 bits per heavy atom. The van der Waals surface area contributed by atoms with E-state index < -0.39 is 0 Å². The lowest BCUT2D eigenvalue weighted by Gasteiger charge is -2.31. The van der Waals surface area contributed by atoms with Gasteiger partial charge in [0.25, 0.3) is 5.91 Å². The van der Waals surface area contributed by atoms with Crippen LogP contribution in [0.2, 0.25) is 0 Å². The van der Waals surface area contributed by atoms with Crippen molar-refractivity contribution >= 4 is 11.6 Å². The first-order valence-electron chi connectivity index (χ1n) is 10.4. The molecule has 1 saturated carbocycles. The molecule has 1 unspecified atom stereocenters. The number of carbonyl (C=O) groups is 1. The molecule has 1 aliphatic carbocycles. The molecule has 7 heteroatoms. The van der Waals surface area contributed by atoms with Crippen LogP contribution in [0.5, 0.6) is 0 Å². The molecule has 2 fully saturated rings. The Kier molecular flexibility index (Phi) is 4.58. The topological polar surface area (TPSA) is 79.2 Å². The highest BCUT2D eigenvalue weighted by Gasteiger charge is 2.29. The molecule has 0 spiro atoms. The fourth-order valence-corrected chi connectivity index (χ4v) is 4.69. The Bertz CT molecular complexity index is 970. The number of hydrogen-bond donors (Lipinski definition) is 1. The molecular weight excluding hydrogens is 352 g/mol. The van der Waals surface area contributed by atoms with Crippen molar-refractivity contribution in [1.29, 1.82) is 0 Å². The van der Waals surface area contributed by atoms with Crippen molar-refractivity contribution in [2.24, 2.45) is 0 Å². The Labute approximate surface area is 164 Å². The lowest BCUT2D eigenvalue weighted by atomic mass is 9.89. The number of hydrogen-bond acceptors (Lipinski definition) is 4. The summed E-state index contributed by atoms with van der Waals surface area (Å²) in [5.41, 5.74) is 1.46. The van der Waals surface area contributed by atoms with E-state index in [9.17, 15) is 4.79 Å². The number of nitrogens with zero attached hydrogens (tertiary/aromatic N) is 5. The maximum Gasteiger partial charge on any atom is 0.270 e. The lowest BCUT2D eigenvalue weighted by molar-refractivity contribution is 0.0697. The summed E-state index contributed by atoms with van der Waals surface area (Å²) >= 11 is 0. The summed E-state index contributed by atoms with van der Waals surface area (Å²) in [5, 5.41) is 7.73. The van der Waals surface area contributed by atoms with Gasteiger partial charge < -0.3 is 4.90 Å². The molecule has 0 bridgehead atoms. The van der Waals surface area contributed by atoms with Crippen LogP contribution in [0, 0.1) is 0 Å². The second-order valence-corrected chi connectivity index (χ2v) is 8.07. The fourth-order valence-electron chi connectivity index (χ4n) is 4.69. The van der Waals surface area contributed by atoms with Gasteiger partial charge in [-0.25, -0.2) is 9.97 Å². The summed E-state index contributed by atoms with van der Waals surface area (Å²) in [6.45, 7) is 1.45. The molecule has 28 heavy (non-hydrogen) atoms. The average Bonchev–Trinajstić information content (AvgIpc) is 3.43. The molecule has 1 amide bonds. The molecule has 1 N–H and O–H groups in total. The first kappa shape index (κ1) is 17.4. The van der Waals surface area contributed by atoms with Gasteiger partial charge in [-0.1, -0.05) is 25.3 Å². The van der Waals surface area contributed by atoms with Gasteiger partial charge in [0.1, 0.15) is 17.2 Å². The number of aromatic nitrogens is 5. The summed E-state index contributed by atoms with van der Waals surface area (Å²) in [4.78, 5) is 24.2. The maximum atomic E-state index is 13.2. The zero-order valence-electron chi connectivity index (χ0n) is 16.0. The summed E-state index contributed by atoms with van der Waals surface area (Å²) in [5.74, 6) is 2.69. The van der Waals surface area contributed by atoms with Crippen molar-refractivity contribution in [3.8, 4) is 0 Å². The second kappa shape index (κ2) is 7.37. The van der Waals surface area contributed by atoms with Gasteiger partial charge in [0, 0.05) is 37.3 Å². The molecule has 3 aromatic heterocycles. The van der Waals surface area contributed by atoms with Crippen molar-refractivity contribution in [2.75, 3.05) is 13.1 Å². The third kappa shape index (κ3) is 3.19. The van der Waals surface area contributed by atoms with Crippen molar-refractivity contribution in [2.45, 2.75) is 56.8 Å². The van der Waals surface area contributed by atoms with E-state index in [4.69, 9.17) is 4.98 Å². The van der Waals surface area contributed by atoms with Gasteiger partial charge in [0.2, 0.25) is 0 Å². The number of piperidine rings is 1. The molecule has 1 atom stereocenters. The number of carbonyl (C=O) groups excluding carboxylic acids is 1. The number of pyridine rings is 1. The molecule has 4 heterocycles. The normalized spacial score (nSPS) is 21.3. The first-order valence-corrected chi connectivity index (χ1v) is 10.4. The van der Waals surface area contributed by atoms with Crippen LogP contribution in [0.15, 0.2) is 30.6 Å². The van der Waals surface area contributed by atoms with E-state index >= 15 is 0 Å². The molecule has 0 aromatic carbocycles. The van der Waals surface area contributed by atoms with E-state index in [0.717, 1.165) is 36.7 Å². The number of fused-ring (bicyclic) bond motifs is 1. The van der Waals surface area contributed by atoms with Crippen molar-refractivity contribution in [3.63, 3.8) is 0 Å². The summed E-state index contributed by atoms with van der Waals surface area (Å²) in [6.07, 6.45) is 11.9. The third-order valence-electron chi connectivity index (χ3n) is 6.23. The highest BCUT2D eigenvalue weighted by Crippen LogP contribution is 2.32. The van der Waals surface area contributed by atoms with Gasteiger partial charge in [0.05, 0.1) is 0 Å². The maximum absolute atomic E-state index is 13.2. The Morgan fingerprint density at radius 1 is 1.07 bits per heavy atom. The number of likely N-dealkylation sites (tertiary alicyclic amines) is 1. The van der Waals surface area contributed by atoms with E-state index in [1.807, 2.05) is 33.7 Å². The Balaban J connectivity index is 1.33. The fraction of sp³-hybridized carbons (Fsp3) is 0.524. The van der Waals surface area contributed by atoms with Crippen LogP contribution in [0.4, 0.5) is 0 Å². The number of aromatic amines is 1. The SMILES string of the molecule is O=C(c1cccc2nccn12)N1CCCC(c2n[nH]c(C3CCCCC3)n2)C1. The van der Waals surface area contributed by atoms with Crippen molar-refractivity contribution < 1.29 is 4.79 Å². The number of amides is 1. The van der Waals surface area contributed by atoms with Crippen molar-refractivity contribution in [1.82, 2.24) is 29.5 Å². The van der Waals surface area contributed by atoms with Crippen molar-refractivity contribution in [3.05, 3.63) is 47.9 Å². The lowest BCUT2D eigenvalue weighted by Crippen LogP contribution is -2.40. The minimum Gasteiger partial charge on any atom is -0.337 e. The van der Waals surface area contributed by atoms with Crippen LogP contribution >= 0.6 is 0 Å². The number of imidazole rings is 1. The van der Waals surface area contributed by atoms with Crippen LogP contribution in [-0.4, -0.2) is 48.5 Å². The zero-order chi connectivity index (χ0) is 18.9. The minimum atomic E-state index is 0.0522. The molecule has 1 saturated heterocycles. The van der Waals surface area contributed by atoms with Gasteiger partial charge in [0.15, 0.2) is 5.82 Å². The zero-order valence-corrected chi connectivity index (χ0v) is 16.0. The standard InChI is InChI=1S/C21H26N6O/c28-21(17-9-4-10-18-22-11-13-27(17)18)26-12-5-8-16(14-26)20-23-19(24-25-20)15-6-2-1-3-7-15/h4,9-11,13,15-16H,1-3,5-8,12,14H2,(H,23,24,25). The summed E-state index contributed by atoms with van der Waals surface area (Å²) < 4.78 is 1.86. The van der Waals surface area contributed by atoms with E-state index in [1.165, 1.54) is 32.1 Å². The van der Waals surface area contributed by atoms with E-state index in [1.54, 1.807) is 6.20 Å². The minimum absolute atomic E-state index is 0.0522. The molecule has 1 aliphatic heterocycles. The van der Waals surface area contributed by atoms with Crippen LogP contribution in [0.25, 0.3) is 5.65 Å². The van der Waals surface area contributed by atoms with E-state index in [0.29, 0.717) is 18.2 Å². The van der Waals surface area contributed by atoms with E-state index in [2.05, 4.69) is 15.2 Å². The molecule has 146 valence electrons. The van der Waals surface area contributed by atoms with Gasteiger partial charge >= 0.3 is 0 Å². The van der Waals surface area contributed by atoms with Gasteiger partial charge in [-0.15, -0.1) is 0 Å². The van der Waals surface area contributed by atoms with Crippen LogP contribution < -0.4 is 0 Å². The van der Waals surface area contributed by atoms with Gasteiger partial charge in [-0.05, 0) is 37.8 Å². The molecule has 7 nitrogen and oxygen atoms in total. The predicted molar refractivity (Wildman–Crippen MR) is 105 cm³/mol. The Hall–Kier alpha value is -2.70. The second-order valence-electron chi connectivity index (χ2n) is 8.07. The number of nitrogens with one attached hydrogen (secondary N) is 1. The van der Waals surface area contributed by atoms with Crippen LogP contribution in [0.3, 0.4) is 0 Å². The van der Waals surface area contributed by atoms with Crippen LogP contribution in [0.1, 0.15) is 78.9 Å². The smallest absolute Gasteiger partial charge is 0.270 e. The van der Waals surface area contributed by atoms with E-state index in [-0.39, 0.29) is 11.8 Å². The monoisotopic (exact) mass is 378 g/mol. The Morgan fingerprint density at radius 2 is 1.93 bits per heavy atom. The number of H-pyrrole nitrogens is 1.